The predicted octanol–water partition coefficient (Wildman–Crippen LogP) is 3.56. The minimum absolute atomic E-state index is 0.0795. The van der Waals surface area contributed by atoms with Gasteiger partial charge in [0.05, 0.1) is 6.54 Å². The van der Waals surface area contributed by atoms with Crippen LogP contribution >= 0.6 is 0 Å². The van der Waals surface area contributed by atoms with Gasteiger partial charge in [-0.05, 0) is 44.9 Å². The summed E-state index contributed by atoms with van der Waals surface area (Å²) in [7, 11) is 2.16. The lowest BCUT2D eigenvalue weighted by atomic mass is 9.83. The van der Waals surface area contributed by atoms with Crippen molar-refractivity contribution >= 4 is 0 Å². The van der Waals surface area contributed by atoms with Crippen LogP contribution in [0, 0.1) is 12.8 Å². The van der Waals surface area contributed by atoms with Crippen molar-refractivity contribution in [3.05, 3.63) is 23.7 Å². The first-order chi connectivity index (χ1) is 8.97. The number of hydrogen-bond donors (Lipinski definition) is 1. The lowest BCUT2D eigenvalue weighted by molar-refractivity contribution is 0.0786. The van der Waals surface area contributed by atoms with E-state index in [0.29, 0.717) is 12.5 Å². The Hall–Kier alpha value is -0.800. The monoisotopic (exact) mass is 266 g/mol. The molecule has 1 heterocycles. The molecule has 3 heteroatoms. The molecule has 0 spiro atoms. The fourth-order valence-corrected chi connectivity index (χ4v) is 2.72. The van der Waals surface area contributed by atoms with Crippen LogP contribution in [0.5, 0.6) is 0 Å². The summed E-state index contributed by atoms with van der Waals surface area (Å²) in [5, 5.41) is 0. The van der Waals surface area contributed by atoms with Gasteiger partial charge in [-0.15, -0.1) is 0 Å². The Kier molecular flexibility index (Phi) is 6.08. The normalized spacial score (nSPS) is 16.6. The Morgan fingerprint density at radius 1 is 1.37 bits per heavy atom. The summed E-state index contributed by atoms with van der Waals surface area (Å²) in [6, 6.07) is 4.08. The van der Waals surface area contributed by atoms with Crippen LogP contribution in [0.4, 0.5) is 0 Å². The van der Waals surface area contributed by atoms with Gasteiger partial charge >= 0.3 is 0 Å². The maximum Gasteiger partial charge on any atom is 0.118 e. The topological polar surface area (TPSA) is 42.4 Å². The Morgan fingerprint density at radius 2 is 2.05 bits per heavy atom. The smallest absolute Gasteiger partial charge is 0.118 e. The second-order valence-corrected chi connectivity index (χ2v) is 5.87. The van der Waals surface area contributed by atoms with Crippen molar-refractivity contribution in [2.75, 3.05) is 13.6 Å². The number of furan rings is 1. The molecule has 0 saturated carbocycles. The Bertz CT molecular complexity index is 369. The average molecular weight is 266 g/mol. The van der Waals surface area contributed by atoms with Gasteiger partial charge in [-0.3, -0.25) is 4.90 Å². The van der Waals surface area contributed by atoms with E-state index in [0.717, 1.165) is 30.9 Å². The average Bonchev–Trinajstić information content (AvgIpc) is 2.81. The quantitative estimate of drug-likeness (QED) is 0.782. The zero-order chi connectivity index (χ0) is 14.5. The van der Waals surface area contributed by atoms with Crippen molar-refractivity contribution in [2.24, 2.45) is 11.7 Å². The van der Waals surface area contributed by atoms with Crippen LogP contribution in [0.1, 0.15) is 51.6 Å². The van der Waals surface area contributed by atoms with E-state index in [9.17, 15) is 0 Å². The zero-order valence-corrected chi connectivity index (χ0v) is 13.2. The minimum atomic E-state index is 0.0795. The highest BCUT2D eigenvalue weighted by Gasteiger charge is 2.33. The lowest BCUT2D eigenvalue weighted by Crippen LogP contribution is -2.52. The van der Waals surface area contributed by atoms with Gasteiger partial charge in [-0.1, -0.05) is 27.2 Å². The number of nitrogens with zero attached hydrogens (tertiary/aromatic N) is 1. The molecule has 0 amide bonds. The molecule has 0 radical (unpaired) electrons. The highest BCUT2D eigenvalue weighted by atomic mass is 16.3. The number of hydrogen-bond acceptors (Lipinski definition) is 3. The van der Waals surface area contributed by atoms with E-state index in [1.54, 1.807) is 0 Å². The van der Waals surface area contributed by atoms with Gasteiger partial charge in [-0.25, -0.2) is 0 Å². The Labute approximate surface area is 118 Å². The molecule has 3 nitrogen and oxygen atoms in total. The van der Waals surface area contributed by atoms with Crippen molar-refractivity contribution in [3.63, 3.8) is 0 Å². The second-order valence-electron chi connectivity index (χ2n) is 5.87. The highest BCUT2D eigenvalue weighted by Crippen LogP contribution is 2.29. The predicted molar refractivity (Wildman–Crippen MR) is 81.1 cm³/mol. The standard InChI is InChI=1S/C16H30N2O/c1-6-13(3)10-16(7-2,12-17)18(5)11-15-9-8-14(4)19-15/h8-9,13H,6-7,10-12,17H2,1-5H3. The maximum atomic E-state index is 6.11. The molecule has 1 aromatic rings. The molecule has 0 bridgehead atoms. The molecule has 1 aromatic heterocycles. The van der Waals surface area contributed by atoms with Crippen molar-refractivity contribution in [2.45, 2.75) is 59.0 Å². The fourth-order valence-electron chi connectivity index (χ4n) is 2.72. The summed E-state index contributed by atoms with van der Waals surface area (Å²) in [4.78, 5) is 2.37. The molecule has 2 atom stereocenters. The van der Waals surface area contributed by atoms with Gasteiger partial charge in [0, 0.05) is 12.1 Å². The van der Waals surface area contributed by atoms with E-state index in [1.807, 2.05) is 13.0 Å². The molecule has 1 rings (SSSR count). The van der Waals surface area contributed by atoms with Crippen LogP contribution < -0.4 is 5.73 Å². The van der Waals surface area contributed by atoms with Crippen LogP contribution in [-0.2, 0) is 6.54 Å². The molecule has 19 heavy (non-hydrogen) atoms. The summed E-state index contributed by atoms with van der Waals surface area (Å²) in [6.45, 7) is 10.3. The third kappa shape index (κ3) is 4.08. The zero-order valence-electron chi connectivity index (χ0n) is 13.2. The van der Waals surface area contributed by atoms with Gasteiger partial charge in [0.2, 0.25) is 0 Å². The fraction of sp³-hybridized carbons (Fsp3) is 0.750. The van der Waals surface area contributed by atoms with Gasteiger partial charge in [0.1, 0.15) is 11.5 Å². The summed E-state index contributed by atoms with van der Waals surface area (Å²) < 4.78 is 5.69. The summed E-state index contributed by atoms with van der Waals surface area (Å²) in [6.07, 6.45) is 3.42. The minimum Gasteiger partial charge on any atom is -0.465 e. The number of nitrogens with two attached hydrogens (primary N) is 1. The highest BCUT2D eigenvalue weighted by molar-refractivity contribution is 5.06. The second kappa shape index (κ2) is 7.11. The van der Waals surface area contributed by atoms with E-state index >= 15 is 0 Å². The molecule has 110 valence electrons. The molecular formula is C16H30N2O. The van der Waals surface area contributed by atoms with E-state index in [2.05, 4.69) is 38.8 Å². The SMILES string of the molecule is CCC(C)CC(CC)(CN)N(C)Cc1ccc(C)o1. The third-order valence-corrected chi connectivity index (χ3v) is 4.46. The molecule has 2 unspecified atom stereocenters. The van der Waals surface area contributed by atoms with Crippen molar-refractivity contribution in [1.82, 2.24) is 4.90 Å². The largest absolute Gasteiger partial charge is 0.465 e. The van der Waals surface area contributed by atoms with Gasteiger partial charge < -0.3 is 10.2 Å². The van der Waals surface area contributed by atoms with Gasteiger partial charge in [0.25, 0.3) is 0 Å². The van der Waals surface area contributed by atoms with E-state index in [1.165, 1.54) is 6.42 Å². The summed E-state index contributed by atoms with van der Waals surface area (Å²) in [5.41, 5.74) is 6.19. The number of likely N-dealkylation sites (N-methyl/N-ethyl adjacent to an activating group) is 1. The van der Waals surface area contributed by atoms with Crippen LogP contribution in [0.3, 0.4) is 0 Å². The van der Waals surface area contributed by atoms with Crippen LogP contribution in [-0.4, -0.2) is 24.0 Å². The molecule has 0 fully saturated rings. The van der Waals surface area contributed by atoms with Crippen LogP contribution in [0.15, 0.2) is 16.5 Å². The Morgan fingerprint density at radius 3 is 2.47 bits per heavy atom. The lowest BCUT2D eigenvalue weighted by Gasteiger charge is -2.42. The van der Waals surface area contributed by atoms with Gasteiger partial charge in [0.15, 0.2) is 0 Å². The first-order valence-electron chi connectivity index (χ1n) is 7.44. The maximum absolute atomic E-state index is 6.11. The molecular weight excluding hydrogens is 236 g/mol. The molecule has 0 aliphatic rings. The molecule has 0 saturated heterocycles. The van der Waals surface area contributed by atoms with Crippen molar-refractivity contribution in [1.29, 1.82) is 0 Å². The van der Waals surface area contributed by atoms with E-state index < -0.39 is 0 Å². The van der Waals surface area contributed by atoms with Crippen molar-refractivity contribution in [3.8, 4) is 0 Å². The first kappa shape index (κ1) is 16.3. The number of aryl methyl sites for hydroxylation is 1. The molecule has 0 aliphatic heterocycles. The van der Waals surface area contributed by atoms with Gasteiger partial charge in [-0.2, -0.15) is 0 Å². The molecule has 2 N–H and O–H groups in total. The first-order valence-corrected chi connectivity index (χ1v) is 7.44. The van der Waals surface area contributed by atoms with E-state index in [-0.39, 0.29) is 5.54 Å². The van der Waals surface area contributed by atoms with Crippen molar-refractivity contribution < 1.29 is 4.42 Å². The summed E-state index contributed by atoms with van der Waals surface area (Å²) in [5.74, 6) is 2.69. The molecule has 0 aliphatic carbocycles. The third-order valence-electron chi connectivity index (χ3n) is 4.46. The summed E-state index contributed by atoms with van der Waals surface area (Å²) >= 11 is 0. The van der Waals surface area contributed by atoms with Crippen LogP contribution in [0.2, 0.25) is 0 Å². The Balaban J connectivity index is 2.79. The molecule has 0 aromatic carbocycles. The van der Waals surface area contributed by atoms with Crippen LogP contribution in [0.25, 0.3) is 0 Å². The van der Waals surface area contributed by atoms with E-state index in [4.69, 9.17) is 10.2 Å². The number of rotatable bonds is 8.